The molecule has 0 radical (unpaired) electrons. The number of amides is 1. The number of imidazole rings is 1. The third kappa shape index (κ3) is 3.58. The summed E-state index contributed by atoms with van der Waals surface area (Å²) in [5.74, 6) is 1.53. The molecule has 3 rings (SSSR count). The van der Waals surface area contributed by atoms with Crippen LogP contribution in [0.15, 0.2) is 35.3 Å². The molecule has 0 saturated heterocycles. The summed E-state index contributed by atoms with van der Waals surface area (Å²) in [6, 6.07) is 8.14. The van der Waals surface area contributed by atoms with Gasteiger partial charge in [0.05, 0.1) is 17.6 Å². The molecule has 1 aromatic carbocycles. The molecule has 1 N–H and O–H groups in total. The average Bonchev–Trinajstić information content (AvgIpc) is 3.28. The number of nitrogens with one attached hydrogen (secondary N) is 1. The Balaban J connectivity index is 1.66. The molecule has 116 valence electrons. The van der Waals surface area contributed by atoms with Crippen molar-refractivity contribution in [3.8, 4) is 0 Å². The zero-order chi connectivity index (χ0) is 15.5. The maximum absolute atomic E-state index is 11.6. The fourth-order valence-electron chi connectivity index (χ4n) is 2.61. The Hall–Kier alpha value is -1.62. The molecule has 0 bridgehead atoms. The number of allylic oxidation sites excluding steroid dienone is 1. The summed E-state index contributed by atoms with van der Waals surface area (Å²) in [7, 11) is 0. The van der Waals surface area contributed by atoms with Crippen molar-refractivity contribution in [3.63, 3.8) is 0 Å². The van der Waals surface area contributed by atoms with E-state index in [9.17, 15) is 4.79 Å². The lowest BCUT2D eigenvalue weighted by molar-refractivity contribution is -0.122. The highest BCUT2D eigenvalue weighted by atomic mass is 79.9. The predicted octanol–water partition coefficient (Wildman–Crippen LogP) is 3.40. The van der Waals surface area contributed by atoms with Crippen molar-refractivity contribution < 1.29 is 4.79 Å². The van der Waals surface area contributed by atoms with Gasteiger partial charge in [-0.05, 0) is 31.4 Å². The van der Waals surface area contributed by atoms with Crippen LogP contribution in [0.5, 0.6) is 0 Å². The maximum Gasteiger partial charge on any atom is 0.223 e. The smallest absolute Gasteiger partial charge is 0.223 e. The average molecular weight is 362 g/mol. The molecule has 4 nitrogen and oxygen atoms in total. The topological polar surface area (TPSA) is 46.9 Å². The van der Waals surface area contributed by atoms with Crippen LogP contribution in [-0.4, -0.2) is 22.0 Å². The number of nitrogens with zero attached hydrogens (tertiary/aromatic N) is 2. The molecular formula is C17H20BrN3O. The highest BCUT2D eigenvalue weighted by Gasteiger charge is 2.28. The van der Waals surface area contributed by atoms with Gasteiger partial charge >= 0.3 is 0 Å². The van der Waals surface area contributed by atoms with Gasteiger partial charge in [-0.3, -0.25) is 4.79 Å². The van der Waals surface area contributed by atoms with Gasteiger partial charge in [-0.15, -0.1) is 0 Å². The molecule has 1 aliphatic rings. The molecule has 1 fully saturated rings. The van der Waals surface area contributed by atoms with Gasteiger partial charge in [-0.2, -0.15) is 0 Å². The summed E-state index contributed by atoms with van der Waals surface area (Å²) in [6.07, 6.45) is 3.85. The van der Waals surface area contributed by atoms with Crippen LogP contribution < -0.4 is 5.32 Å². The van der Waals surface area contributed by atoms with Gasteiger partial charge in [-0.1, -0.05) is 34.6 Å². The number of aromatic nitrogens is 2. The van der Waals surface area contributed by atoms with Crippen molar-refractivity contribution in [2.45, 2.75) is 32.2 Å². The van der Waals surface area contributed by atoms with E-state index < -0.39 is 0 Å². The molecule has 0 atom stereocenters. The molecule has 1 saturated carbocycles. The molecular weight excluding hydrogens is 342 g/mol. The second-order valence-corrected chi connectivity index (χ2v) is 6.91. The van der Waals surface area contributed by atoms with Gasteiger partial charge in [0.15, 0.2) is 0 Å². The van der Waals surface area contributed by atoms with E-state index in [1.54, 1.807) is 0 Å². The van der Waals surface area contributed by atoms with Crippen LogP contribution in [0, 0.1) is 5.92 Å². The number of para-hydroxylation sites is 2. The molecule has 5 heteroatoms. The van der Waals surface area contributed by atoms with Gasteiger partial charge < -0.3 is 9.88 Å². The van der Waals surface area contributed by atoms with E-state index in [0.717, 1.165) is 47.0 Å². The summed E-state index contributed by atoms with van der Waals surface area (Å²) in [5, 5.41) is 3.01. The molecule has 22 heavy (non-hydrogen) atoms. The lowest BCUT2D eigenvalue weighted by atomic mass is 10.2. The Labute approximate surface area is 138 Å². The molecule has 0 aliphatic heterocycles. The van der Waals surface area contributed by atoms with Crippen LogP contribution in [0.25, 0.3) is 11.0 Å². The first-order chi connectivity index (χ1) is 10.6. The Kier molecular flexibility index (Phi) is 4.62. The first-order valence-electron chi connectivity index (χ1n) is 7.70. The van der Waals surface area contributed by atoms with Gasteiger partial charge in [-0.25, -0.2) is 4.98 Å². The lowest BCUT2D eigenvalue weighted by Crippen LogP contribution is -2.26. The summed E-state index contributed by atoms with van der Waals surface area (Å²) >= 11 is 3.44. The van der Waals surface area contributed by atoms with Crippen molar-refractivity contribution in [1.82, 2.24) is 14.9 Å². The van der Waals surface area contributed by atoms with Crippen LogP contribution in [0.4, 0.5) is 0 Å². The van der Waals surface area contributed by atoms with Crippen molar-refractivity contribution in [2.24, 2.45) is 5.92 Å². The van der Waals surface area contributed by atoms with Crippen molar-refractivity contribution in [3.05, 3.63) is 41.2 Å². The number of rotatable bonds is 7. The minimum absolute atomic E-state index is 0.210. The second-order valence-electron chi connectivity index (χ2n) is 5.79. The fourth-order valence-corrected chi connectivity index (χ4v) is 2.86. The molecule has 1 heterocycles. The number of hydrogen-bond donors (Lipinski definition) is 1. The highest BCUT2D eigenvalue weighted by Crippen LogP contribution is 2.28. The minimum Gasteiger partial charge on any atom is -0.356 e. The monoisotopic (exact) mass is 361 g/mol. The third-order valence-corrected chi connectivity index (χ3v) is 4.14. The van der Waals surface area contributed by atoms with E-state index >= 15 is 0 Å². The van der Waals surface area contributed by atoms with Crippen LogP contribution in [0.3, 0.4) is 0 Å². The standard InChI is InChI=1S/C17H20BrN3O/c1-12(18)11-21-15-6-3-2-5-14(15)20-16(21)7-4-10-19-17(22)13-8-9-13/h2-3,5-6,13H,1,4,7-11H2,(H,19,22). The number of halogens is 1. The summed E-state index contributed by atoms with van der Waals surface area (Å²) in [4.78, 5) is 16.3. The number of aryl methyl sites for hydroxylation is 1. The van der Waals surface area contributed by atoms with Crippen LogP contribution in [0.1, 0.15) is 25.1 Å². The quantitative estimate of drug-likeness (QED) is 0.768. The van der Waals surface area contributed by atoms with Gasteiger partial charge in [0.25, 0.3) is 0 Å². The SMILES string of the molecule is C=C(Br)Cn1c(CCCNC(=O)C2CC2)nc2ccccc21. The van der Waals surface area contributed by atoms with Crippen LogP contribution in [0.2, 0.25) is 0 Å². The first-order valence-corrected chi connectivity index (χ1v) is 8.49. The van der Waals surface area contributed by atoms with Crippen molar-refractivity contribution >= 4 is 32.9 Å². The fraction of sp³-hybridized carbons (Fsp3) is 0.412. The van der Waals surface area contributed by atoms with E-state index in [1.807, 2.05) is 18.2 Å². The number of carbonyl (C=O) groups excluding carboxylic acids is 1. The lowest BCUT2D eigenvalue weighted by Gasteiger charge is -2.09. The van der Waals surface area contributed by atoms with E-state index in [0.29, 0.717) is 13.1 Å². The Morgan fingerprint density at radius 2 is 2.18 bits per heavy atom. The summed E-state index contributed by atoms with van der Waals surface area (Å²) in [6.45, 7) is 5.36. The minimum atomic E-state index is 0.210. The molecule has 1 amide bonds. The number of hydrogen-bond acceptors (Lipinski definition) is 2. The van der Waals surface area contributed by atoms with E-state index in [2.05, 4.69) is 38.5 Å². The number of carbonyl (C=O) groups is 1. The van der Waals surface area contributed by atoms with Gasteiger partial charge in [0, 0.05) is 23.4 Å². The van der Waals surface area contributed by atoms with Crippen molar-refractivity contribution in [2.75, 3.05) is 6.54 Å². The van der Waals surface area contributed by atoms with Crippen LogP contribution in [-0.2, 0) is 17.8 Å². The number of benzene rings is 1. The Morgan fingerprint density at radius 3 is 2.91 bits per heavy atom. The largest absolute Gasteiger partial charge is 0.356 e. The summed E-state index contributed by atoms with van der Waals surface area (Å²) < 4.78 is 3.12. The molecule has 0 unspecified atom stereocenters. The molecule has 1 aliphatic carbocycles. The van der Waals surface area contributed by atoms with E-state index in [4.69, 9.17) is 4.98 Å². The highest BCUT2D eigenvalue weighted by molar-refractivity contribution is 9.11. The first kappa shape index (κ1) is 15.3. The predicted molar refractivity (Wildman–Crippen MR) is 91.9 cm³/mol. The van der Waals surface area contributed by atoms with Gasteiger partial charge in [0.1, 0.15) is 5.82 Å². The van der Waals surface area contributed by atoms with Crippen molar-refractivity contribution in [1.29, 1.82) is 0 Å². The zero-order valence-electron chi connectivity index (χ0n) is 12.5. The zero-order valence-corrected chi connectivity index (χ0v) is 14.1. The van der Waals surface area contributed by atoms with Crippen LogP contribution >= 0.6 is 15.9 Å². The van der Waals surface area contributed by atoms with E-state index in [-0.39, 0.29) is 11.8 Å². The molecule has 1 aromatic heterocycles. The summed E-state index contributed by atoms with van der Waals surface area (Å²) in [5.41, 5.74) is 2.13. The Bertz CT molecular complexity index is 703. The maximum atomic E-state index is 11.6. The normalized spacial score (nSPS) is 14.2. The second kappa shape index (κ2) is 6.65. The van der Waals surface area contributed by atoms with Gasteiger partial charge in [0.2, 0.25) is 5.91 Å². The van der Waals surface area contributed by atoms with E-state index in [1.165, 1.54) is 0 Å². The molecule has 2 aromatic rings. The molecule has 0 spiro atoms. The number of fused-ring (bicyclic) bond motifs is 1. The third-order valence-electron chi connectivity index (χ3n) is 3.89. The Morgan fingerprint density at radius 1 is 1.41 bits per heavy atom.